The van der Waals surface area contributed by atoms with Crippen LogP contribution in [0.15, 0.2) is 52.0 Å². The molecule has 160 valence electrons. The number of nitrogens with one attached hydrogen (secondary N) is 2. The molecule has 30 heavy (non-hydrogen) atoms. The van der Waals surface area contributed by atoms with Gasteiger partial charge in [-0.05, 0) is 57.7 Å². The number of aromatic nitrogens is 1. The van der Waals surface area contributed by atoms with E-state index in [9.17, 15) is 4.79 Å². The summed E-state index contributed by atoms with van der Waals surface area (Å²) >= 11 is 0. The van der Waals surface area contributed by atoms with Gasteiger partial charge in [-0.15, -0.1) is 0 Å². The molecule has 0 saturated heterocycles. The van der Waals surface area contributed by atoms with E-state index in [0.29, 0.717) is 17.9 Å². The van der Waals surface area contributed by atoms with Gasteiger partial charge in [0.15, 0.2) is 11.5 Å². The molecule has 1 aromatic carbocycles. The summed E-state index contributed by atoms with van der Waals surface area (Å²) in [6, 6.07) is 7.38. The smallest absolute Gasteiger partial charge is 0.413 e. The molecule has 4 N–H and O–H groups in total. The fourth-order valence-electron chi connectivity index (χ4n) is 3.53. The van der Waals surface area contributed by atoms with Gasteiger partial charge in [0.25, 0.3) is 0 Å². The zero-order valence-electron chi connectivity index (χ0n) is 18.2. The Labute approximate surface area is 176 Å². The minimum atomic E-state index is -0.639. The average molecular weight is 411 g/mol. The Morgan fingerprint density at radius 3 is 2.70 bits per heavy atom. The molecule has 1 aliphatic carbocycles. The molecule has 1 amide bonds. The number of hydrogen-bond donors (Lipinski definition) is 3. The van der Waals surface area contributed by atoms with Crippen LogP contribution < -0.4 is 11.1 Å². The van der Waals surface area contributed by atoms with Gasteiger partial charge in [0.05, 0.1) is 0 Å². The molecule has 0 radical (unpaired) electrons. The zero-order valence-corrected chi connectivity index (χ0v) is 18.2. The lowest BCUT2D eigenvalue weighted by atomic mass is 9.78. The van der Waals surface area contributed by atoms with Crippen molar-refractivity contribution in [3.63, 3.8) is 0 Å². The van der Waals surface area contributed by atoms with Crippen molar-refractivity contribution < 1.29 is 13.9 Å². The predicted molar refractivity (Wildman–Crippen MR) is 117 cm³/mol. The number of amidine groups is 1. The highest BCUT2D eigenvalue weighted by Crippen LogP contribution is 2.34. The Balaban J connectivity index is 1.70. The van der Waals surface area contributed by atoms with Crippen molar-refractivity contribution >= 4 is 23.0 Å². The molecule has 0 bridgehead atoms. The molecule has 0 saturated carbocycles. The van der Waals surface area contributed by atoms with Crippen molar-refractivity contribution in [1.82, 2.24) is 10.3 Å². The van der Waals surface area contributed by atoms with Gasteiger partial charge in [-0.3, -0.25) is 10.7 Å². The maximum Gasteiger partial charge on any atom is 0.413 e. The zero-order chi connectivity index (χ0) is 22.1. The summed E-state index contributed by atoms with van der Waals surface area (Å²) in [4.78, 5) is 16.6. The Kier molecular flexibility index (Phi) is 6.12. The number of nitrogens with two attached hydrogens (primary N) is 1. The highest BCUT2D eigenvalue weighted by molar-refractivity contribution is 6.04. The molecule has 0 fully saturated rings. The maximum absolute atomic E-state index is 12.0. The second-order valence-electron chi connectivity index (χ2n) is 8.80. The lowest BCUT2D eigenvalue weighted by Gasteiger charge is -2.31. The van der Waals surface area contributed by atoms with E-state index in [-0.39, 0.29) is 23.7 Å². The largest absolute Gasteiger partial charge is 0.444 e. The highest BCUT2D eigenvalue weighted by Gasteiger charge is 2.32. The number of fused-ring (bicyclic) bond motifs is 1. The van der Waals surface area contributed by atoms with Crippen molar-refractivity contribution in [2.75, 3.05) is 0 Å². The highest BCUT2D eigenvalue weighted by atomic mass is 16.6. The predicted octanol–water partition coefficient (Wildman–Crippen LogP) is 4.65. The first-order valence-electron chi connectivity index (χ1n) is 10.1. The van der Waals surface area contributed by atoms with E-state index in [0.717, 1.165) is 16.7 Å². The van der Waals surface area contributed by atoms with Crippen molar-refractivity contribution in [3.8, 4) is 0 Å². The van der Waals surface area contributed by atoms with Gasteiger partial charge in [-0.25, -0.2) is 9.78 Å². The molecule has 7 nitrogen and oxygen atoms in total. The van der Waals surface area contributed by atoms with E-state index >= 15 is 0 Å². The summed E-state index contributed by atoms with van der Waals surface area (Å²) in [6.07, 6.45) is 3.71. The molecular weight excluding hydrogens is 380 g/mol. The summed E-state index contributed by atoms with van der Waals surface area (Å²) in [7, 11) is 0. The van der Waals surface area contributed by atoms with Crippen LogP contribution in [0.4, 0.5) is 4.79 Å². The summed E-state index contributed by atoms with van der Waals surface area (Å²) in [5.74, 6) is 0.517. The number of ether oxygens (including phenoxy) is 1. The van der Waals surface area contributed by atoms with Crippen LogP contribution in [0, 0.1) is 11.3 Å². The molecule has 0 aliphatic heterocycles. The lowest BCUT2D eigenvalue weighted by Crippen LogP contribution is -2.40. The third-order valence-electron chi connectivity index (χ3n) is 5.26. The van der Waals surface area contributed by atoms with E-state index < -0.39 is 11.7 Å². The van der Waals surface area contributed by atoms with Crippen LogP contribution in [-0.2, 0) is 4.74 Å². The first-order valence-corrected chi connectivity index (χ1v) is 10.1. The van der Waals surface area contributed by atoms with Crippen molar-refractivity contribution in [3.05, 3.63) is 53.5 Å². The molecule has 1 aromatic heterocycles. The van der Waals surface area contributed by atoms with Crippen LogP contribution >= 0.6 is 0 Å². The van der Waals surface area contributed by atoms with Crippen molar-refractivity contribution in [2.24, 2.45) is 11.7 Å². The number of rotatable bonds is 4. The summed E-state index contributed by atoms with van der Waals surface area (Å²) in [5, 5.41) is 10.8. The minimum Gasteiger partial charge on any atom is -0.444 e. The SMILES string of the molecule is CC1=CC=C(C(=N)NC(=O)OC(C)(C)C)CC1[C@H](N)C(C)c1nc2ccccc2o1. The average Bonchev–Trinajstić information content (AvgIpc) is 3.09. The number of carbonyl (C=O) groups excluding carboxylic acids is 1. The van der Waals surface area contributed by atoms with Crippen LogP contribution in [0.1, 0.15) is 52.8 Å². The van der Waals surface area contributed by atoms with Crippen LogP contribution in [0.25, 0.3) is 11.1 Å². The molecule has 2 unspecified atom stereocenters. The molecular formula is C23H30N4O3. The number of hydrogen-bond acceptors (Lipinski definition) is 6. The fourth-order valence-corrected chi connectivity index (χ4v) is 3.53. The summed E-state index contributed by atoms with van der Waals surface area (Å²) in [6.45, 7) is 9.38. The third-order valence-corrected chi connectivity index (χ3v) is 5.26. The fraction of sp³-hybridized carbons (Fsp3) is 0.435. The number of oxazole rings is 1. The number of benzene rings is 1. The van der Waals surface area contributed by atoms with Gasteiger partial charge in [0, 0.05) is 12.0 Å². The summed E-state index contributed by atoms with van der Waals surface area (Å²) < 4.78 is 11.1. The maximum atomic E-state index is 12.0. The van der Waals surface area contributed by atoms with Gasteiger partial charge in [-0.1, -0.05) is 36.8 Å². The molecule has 1 heterocycles. The van der Waals surface area contributed by atoms with E-state index in [2.05, 4.69) is 10.3 Å². The molecule has 3 rings (SSSR count). The number of carbonyl (C=O) groups is 1. The van der Waals surface area contributed by atoms with Crippen molar-refractivity contribution in [1.29, 1.82) is 5.41 Å². The Hall–Kier alpha value is -2.93. The topological polar surface area (TPSA) is 114 Å². The molecule has 3 atom stereocenters. The first kappa shape index (κ1) is 21.8. The van der Waals surface area contributed by atoms with Gasteiger partial charge in [0.1, 0.15) is 17.0 Å². The molecule has 0 spiro atoms. The van der Waals surface area contributed by atoms with Gasteiger partial charge < -0.3 is 14.9 Å². The Bertz CT molecular complexity index is 980. The second-order valence-corrected chi connectivity index (χ2v) is 8.80. The monoisotopic (exact) mass is 410 g/mol. The van der Waals surface area contributed by atoms with Gasteiger partial charge >= 0.3 is 6.09 Å². The van der Waals surface area contributed by atoms with Crippen LogP contribution in [-0.4, -0.2) is 28.6 Å². The first-order chi connectivity index (χ1) is 14.0. The van der Waals surface area contributed by atoms with Crippen LogP contribution in [0.5, 0.6) is 0 Å². The second kappa shape index (κ2) is 8.44. The quantitative estimate of drug-likeness (QED) is 0.501. The number of allylic oxidation sites excluding steroid dienone is 2. The van der Waals surface area contributed by atoms with E-state index in [1.807, 2.05) is 50.3 Å². The standard InChI is InChI=1S/C23H30N4O3/c1-13-10-11-15(20(25)27-22(28)30-23(3,4)5)12-16(13)19(24)14(2)21-26-17-8-6-7-9-18(17)29-21/h6-11,14,16,19H,12,24H2,1-5H3,(H2,25,27,28)/t14?,16?,19-/m1/s1. The number of alkyl carbamates (subject to hydrolysis) is 1. The summed E-state index contributed by atoms with van der Waals surface area (Å²) in [5.41, 5.74) is 9.39. The van der Waals surface area contributed by atoms with Gasteiger partial charge in [-0.2, -0.15) is 0 Å². The van der Waals surface area contributed by atoms with Crippen molar-refractivity contribution in [2.45, 2.75) is 58.6 Å². The third kappa shape index (κ3) is 4.97. The molecule has 2 aromatic rings. The Morgan fingerprint density at radius 1 is 1.33 bits per heavy atom. The van der Waals surface area contributed by atoms with Gasteiger partial charge in [0.2, 0.25) is 0 Å². The minimum absolute atomic E-state index is 0.00389. The number of nitrogens with zero attached hydrogens (tertiary/aromatic N) is 1. The van der Waals surface area contributed by atoms with E-state index in [1.54, 1.807) is 20.8 Å². The lowest BCUT2D eigenvalue weighted by molar-refractivity contribution is 0.0563. The van der Waals surface area contributed by atoms with Crippen LogP contribution in [0.2, 0.25) is 0 Å². The van der Waals surface area contributed by atoms with Crippen LogP contribution in [0.3, 0.4) is 0 Å². The number of para-hydroxylation sites is 2. The van der Waals surface area contributed by atoms with E-state index in [4.69, 9.17) is 20.3 Å². The number of amides is 1. The normalized spacial score (nSPS) is 18.9. The molecule has 7 heteroatoms. The Morgan fingerprint density at radius 2 is 2.03 bits per heavy atom. The molecule has 1 aliphatic rings. The van der Waals surface area contributed by atoms with E-state index in [1.165, 1.54) is 0 Å².